The fourth-order valence-electron chi connectivity index (χ4n) is 3.58. The number of amides is 2. The van der Waals surface area contributed by atoms with Crippen molar-refractivity contribution in [2.24, 2.45) is 11.7 Å². The maximum Gasteiger partial charge on any atom is 0.259 e. The van der Waals surface area contributed by atoms with Crippen LogP contribution in [0, 0.1) is 5.92 Å². The Morgan fingerprint density at radius 2 is 2.08 bits per heavy atom. The van der Waals surface area contributed by atoms with E-state index in [1.54, 1.807) is 0 Å². The summed E-state index contributed by atoms with van der Waals surface area (Å²) in [7, 11) is 0. The summed E-state index contributed by atoms with van der Waals surface area (Å²) < 4.78 is 1.08. The normalized spacial score (nSPS) is 17.8. The number of benzene rings is 1. The summed E-state index contributed by atoms with van der Waals surface area (Å²) in [4.78, 5) is 27.0. The van der Waals surface area contributed by atoms with Crippen LogP contribution in [0.2, 0.25) is 0 Å². The fourth-order valence-corrected chi connectivity index (χ4v) is 4.66. The van der Waals surface area contributed by atoms with E-state index in [-0.39, 0.29) is 17.9 Å². The number of nitrogens with zero attached hydrogens (tertiary/aromatic N) is 1. The lowest BCUT2D eigenvalue weighted by molar-refractivity contribution is -0.132. The number of carbonyl (C=O) groups is 2. The molecule has 1 aliphatic rings. The van der Waals surface area contributed by atoms with Crippen molar-refractivity contribution in [3.8, 4) is 0 Å². The number of hydrogen-bond donors (Lipinski definition) is 1. The lowest BCUT2D eigenvalue weighted by Gasteiger charge is -2.26. The van der Waals surface area contributed by atoms with E-state index < -0.39 is 0 Å². The highest BCUT2D eigenvalue weighted by Crippen LogP contribution is 2.34. The molecule has 0 aliphatic carbocycles. The van der Waals surface area contributed by atoms with Gasteiger partial charge < -0.3 is 10.6 Å². The van der Waals surface area contributed by atoms with Gasteiger partial charge in [0.05, 0.1) is 4.88 Å². The minimum atomic E-state index is -0.371. The van der Waals surface area contributed by atoms with E-state index in [4.69, 9.17) is 5.73 Å². The van der Waals surface area contributed by atoms with Crippen LogP contribution in [-0.4, -0.2) is 29.3 Å². The Labute approximate surface area is 146 Å². The third-order valence-corrected chi connectivity index (χ3v) is 5.87. The summed E-state index contributed by atoms with van der Waals surface area (Å²) in [5.74, 6) is 0.221. The summed E-state index contributed by atoms with van der Waals surface area (Å²) in [5, 5.41) is 1.10. The lowest BCUT2D eigenvalue weighted by Crippen LogP contribution is -2.37. The minimum Gasteiger partial charge on any atom is -0.365 e. The Morgan fingerprint density at radius 3 is 2.79 bits per heavy atom. The van der Waals surface area contributed by atoms with E-state index in [1.807, 2.05) is 29.2 Å². The van der Waals surface area contributed by atoms with Crippen LogP contribution >= 0.6 is 11.3 Å². The van der Waals surface area contributed by atoms with Crippen molar-refractivity contribution >= 4 is 33.2 Å². The van der Waals surface area contributed by atoms with Crippen LogP contribution in [0.25, 0.3) is 10.1 Å². The maximum absolute atomic E-state index is 12.5. The molecule has 2 aromatic rings. The Hall–Kier alpha value is -1.88. The van der Waals surface area contributed by atoms with Crippen LogP contribution in [0.1, 0.15) is 48.3 Å². The topological polar surface area (TPSA) is 63.4 Å². The predicted octanol–water partition coefficient (Wildman–Crippen LogP) is 3.58. The molecular formula is C19H24N2O2S. The molecule has 0 radical (unpaired) electrons. The first kappa shape index (κ1) is 17.0. The number of nitrogens with two attached hydrogens (primary N) is 1. The van der Waals surface area contributed by atoms with Gasteiger partial charge in [0.1, 0.15) is 0 Å². The zero-order valence-electron chi connectivity index (χ0n) is 14.2. The van der Waals surface area contributed by atoms with Crippen molar-refractivity contribution in [3.05, 3.63) is 34.7 Å². The van der Waals surface area contributed by atoms with Crippen molar-refractivity contribution in [2.45, 2.75) is 45.6 Å². The van der Waals surface area contributed by atoms with Gasteiger partial charge in [0, 0.05) is 23.7 Å². The molecule has 4 nitrogen and oxygen atoms in total. The van der Waals surface area contributed by atoms with E-state index in [0.29, 0.717) is 23.6 Å². The zero-order valence-corrected chi connectivity index (χ0v) is 15.1. The molecule has 0 spiro atoms. The second-order valence-corrected chi connectivity index (χ2v) is 8.01. The molecule has 1 unspecified atom stereocenters. The van der Waals surface area contributed by atoms with Gasteiger partial charge in [-0.2, -0.15) is 0 Å². The van der Waals surface area contributed by atoms with E-state index in [2.05, 4.69) is 13.8 Å². The first-order valence-electron chi connectivity index (χ1n) is 8.57. The van der Waals surface area contributed by atoms with Crippen LogP contribution in [0.15, 0.2) is 24.3 Å². The monoisotopic (exact) mass is 344 g/mol. The van der Waals surface area contributed by atoms with Crippen LogP contribution in [0.5, 0.6) is 0 Å². The molecule has 1 aromatic carbocycles. The van der Waals surface area contributed by atoms with Gasteiger partial charge in [-0.3, -0.25) is 9.59 Å². The maximum atomic E-state index is 12.5. The average Bonchev–Trinajstić information content (AvgIpc) is 3.12. The molecule has 1 aliphatic heterocycles. The van der Waals surface area contributed by atoms with Gasteiger partial charge in [-0.1, -0.05) is 32.0 Å². The highest BCUT2D eigenvalue weighted by atomic mass is 32.1. The molecule has 1 saturated heterocycles. The molecule has 24 heavy (non-hydrogen) atoms. The average molecular weight is 344 g/mol. The molecule has 1 aromatic heterocycles. The molecule has 2 heterocycles. The van der Waals surface area contributed by atoms with E-state index in [9.17, 15) is 9.59 Å². The van der Waals surface area contributed by atoms with Crippen LogP contribution < -0.4 is 5.73 Å². The second-order valence-electron chi connectivity index (χ2n) is 6.96. The number of likely N-dealkylation sites (tertiary alicyclic amines) is 1. The molecule has 1 atom stereocenters. The Morgan fingerprint density at radius 1 is 1.33 bits per heavy atom. The molecular weight excluding hydrogens is 320 g/mol. The van der Waals surface area contributed by atoms with Crippen molar-refractivity contribution in [3.63, 3.8) is 0 Å². The standard InChI is InChI=1S/C19H24N2O2S/c1-12(2)10-17(22)21-9-5-6-13(21)11-15-14-7-3-4-8-16(14)24-18(15)19(20)23/h3-4,7-8,12-13H,5-6,9-11H2,1-2H3,(H2,20,23). The number of hydrogen-bond acceptors (Lipinski definition) is 3. The minimum absolute atomic E-state index is 0.173. The number of thiophene rings is 1. The van der Waals surface area contributed by atoms with E-state index >= 15 is 0 Å². The summed E-state index contributed by atoms with van der Waals surface area (Å²) in [6, 6.07) is 8.20. The SMILES string of the molecule is CC(C)CC(=O)N1CCCC1Cc1c(C(N)=O)sc2ccccc12. The van der Waals surface area contributed by atoms with E-state index in [1.165, 1.54) is 11.3 Å². The number of primary amides is 1. The quantitative estimate of drug-likeness (QED) is 0.901. The van der Waals surface area contributed by atoms with Gasteiger partial charge in [-0.05, 0) is 42.2 Å². The van der Waals surface area contributed by atoms with Gasteiger partial charge in [0.25, 0.3) is 5.91 Å². The molecule has 0 saturated carbocycles. The third kappa shape index (κ3) is 3.31. The van der Waals surface area contributed by atoms with Gasteiger partial charge in [0.2, 0.25) is 5.91 Å². The smallest absolute Gasteiger partial charge is 0.259 e. The number of rotatable bonds is 5. The first-order chi connectivity index (χ1) is 11.5. The summed E-state index contributed by atoms with van der Waals surface area (Å²) in [6.07, 6.45) is 3.32. The first-order valence-corrected chi connectivity index (χ1v) is 9.38. The van der Waals surface area contributed by atoms with Crippen LogP contribution in [0.4, 0.5) is 0 Å². The van der Waals surface area contributed by atoms with Crippen molar-refractivity contribution in [1.82, 2.24) is 4.90 Å². The predicted molar refractivity (Wildman–Crippen MR) is 98.2 cm³/mol. The fraction of sp³-hybridized carbons (Fsp3) is 0.474. The Bertz CT molecular complexity index is 766. The Balaban J connectivity index is 1.90. The molecule has 0 bridgehead atoms. The highest BCUT2D eigenvalue weighted by Gasteiger charge is 2.31. The summed E-state index contributed by atoms with van der Waals surface area (Å²) >= 11 is 1.46. The van der Waals surface area contributed by atoms with Gasteiger partial charge in [-0.15, -0.1) is 11.3 Å². The van der Waals surface area contributed by atoms with Crippen LogP contribution in [-0.2, 0) is 11.2 Å². The molecule has 2 amide bonds. The largest absolute Gasteiger partial charge is 0.365 e. The molecule has 3 rings (SSSR count). The zero-order chi connectivity index (χ0) is 17.3. The molecule has 5 heteroatoms. The lowest BCUT2D eigenvalue weighted by atomic mass is 10.00. The van der Waals surface area contributed by atoms with Crippen LogP contribution in [0.3, 0.4) is 0 Å². The summed E-state index contributed by atoms with van der Waals surface area (Å²) in [5.41, 5.74) is 6.62. The second kappa shape index (κ2) is 6.93. The third-order valence-electron chi connectivity index (χ3n) is 4.64. The number of carbonyl (C=O) groups excluding carboxylic acids is 2. The molecule has 1 fully saturated rings. The van der Waals surface area contributed by atoms with Gasteiger partial charge in [0.15, 0.2) is 0 Å². The molecule has 128 valence electrons. The van der Waals surface area contributed by atoms with Crippen molar-refractivity contribution in [1.29, 1.82) is 0 Å². The Kier molecular flexibility index (Phi) is 4.90. The van der Waals surface area contributed by atoms with Crippen molar-refractivity contribution < 1.29 is 9.59 Å². The van der Waals surface area contributed by atoms with Gasteiger partial charge in [-0.25, -0.2) is 0 Å². The van der Waals surface area contributed by atoms with E-state index in [0.717, 1.165) is 35.0 Å². The summed E-state index contributed by atoms with van der Waals surface area (Å²) in [6.45, 7) is 4.96. The highest BCUT2D eigenvalue weighted by molar-refractivity contribution is 7.21. The van der Waals surface area contributed by atoms with Crippen molar-refractivity contribution in [2.75, 3.05) is 6.54 Å². The molecule has 2 N–H and O–H groups in total. The number of fused-ring (bicyclic) bond motifs is 1. The van der Waals surface area contributed by atoms with Gasteiger partial charge >= 0.3 is 0 Å².